The molecule has 0 aromatic heterocycles. The van der Waals surface area contributed by atoms with E-state index in [0.717, 1.165) is 6.42 Å². The van der Waals surface area contributed by atoms with E-state index in [4.69, 9.17) is 0 Å². The van der Waals surface area contributed by atoms with Gasteiger partial charge in [-0.25, -0.2) is 0 Å². The highest BCUT2D eigenvalue weighted by molar-refractivity contribution is 14.1. The summed E-state index contributed by atoms with van der Waals surface area (Å²) in [7, 11) is 0. The SMILES string of the molecule is CC1=CC2C(C=C1)B(/C(I)=C/SC1C=C3C(=CC1)C(C)(C)CCC3(C)C)c1cc(C(C)(C)C)ccc1N2C1C=C2C(CC1)C(C)(C)CCC2(C)C. The maximum atomic E-state index is 2.89. The van der Waals surface area contributed by atoms with Gasteiger partial charge in [-0.1, -0.05) is 158 Å². The lowest BCUT2D eigenvalue weighted by Gasteiger charge is -2.54. The third-order valence-corrected chi connectivity index (χ3v) is 16.8. The van der Waals surface area contributed by atoms with Crippen LogP contribution in [0.3, 0.4) is 0 Å². The molecule has 0 bridgehead atoms. The monoisotopic (exact) mass is 813 g/mol. The Hall–Kier alpha value is -1.40. The summed E-state index contributed by atoms with van der Waals surface area (Å²) in [6.45, 7) is 29.7. The van der Waals surface area contributed by atoms with Crippen molar-refractivity contribution in [3.05, 3.63) is 91.4 Å². The third-order valence-electron chi connectivity index (χ3n) is 14.3. The Bertz CT molecular complexity index is 1760. The Morgan fingerprint density at radius 3 is 2.27 bits per heavy atom. The van der Waals surface area contributed by atoms with Gasteiger partial charge in [0.15, 0.2) is 0 Å². The first-order chi connectivity index (χ1) is 23.7. The highest BCUT2D eigenvalue weighted by Crippen LogP contribution is 2.57. The van der Waals surface area contributed by atoms with Crippen molar-refractivity contribution in [2.24, 2.45) is 27.6 Å². The molecule has 1 aromatic rings. The molecule has 5 aliphatic carbocycles. The molecule has 51 heavy (non-hydrogen) atoms. The maximum absolute atomic E-state index is 2.89. The van der Waals surface area contributed by atoms with Crippen LogP contribution in [0, 0.1) is 27.6 Å². The third kappa shape index (κ3) is 6.91. The largest absolute Gasteiger partial charge is 0.359 e. The summed E-state index contributed by atoms with van der Waals surface area (Å²) in [5.74, 6) is 1.10. The molecule has 0 N–H and O–H groups in total. The number of allylic oxidation sites excluding steroid dienone is 6. The molecule has 7 rings (SSSR count). The van der Waals surface area contributed by atoms with Crippen molar-refractivity contribution in [1.82, 2.24) is 0 Å². The van der Waals surface area contributed by atoms with E-state index in [2.05, 4.69) is 182 Å². The van der Waals surface area contributed by atoms with Gasteiger partial charge in [0.2, 0.25) is 6.71 Å². The summed E-state index contributed by atoms with van der Waals surface area (Å²) in [5.41, 5.74) is 12.1. The van der Waals surface area contributed by atoms with Gasteiger partial charge in [-0.15, -0.1) is 11.8 Å². The molecule has 1 aliphatic heterocycles. The highest BCUT2D eigenvalue weighted by Gasteiger charge is 2.50. The Kier molecular flexibility index (Phi) is 9.76. The Morgan fingerprint density at radius 2 is 1.57 bits per heavy atom. The van der Waals surface area contributed by atoms with Crippen LogP contribution in [0.2, 0.25) is 5.82 Å². The van der Waals surface area contributed by atoms with Gasteiger partial charge in [0.05, 0.1) is 0 Å². The zero-order valence-electron chi connectivity index (χ0n) is 33.9. The quantitative estimate of drug-likeness (QED) is 0.169. The van der Waals surface area contributed by atoms with Gasteiger partial charge in [0, 0.05) is 23.0 Å². The van der Waals surface area contributed by atoms with Gasteiger partial charge in [0.25, 0.3) is 0 Å². The van der Waals surface area contributed by atoms with E-state index in [-0.39, 0.29) is 21.7 Å². The lowest BCUT2D eigenvalue weighted by Crippen LogP contribution is -2.59. The van der Waals surface area contributed by atoms with Gasteiger partial charge in [-0.05, 0) is 128 Å². The number of halogens is 1. The standard InChI is InChI=1S/C47H65BINS/c1-30-13-19-38-41(25-30)50(32-15-17-34-36(27-32)46(9,10)23-21-44(34,5)6)40-20-14-31(43(2,3)4)26-39(40)48(38)42(49)29-51-33-16-18-35-37(28-33)47(11,12)24-22-45(35,7)8/h13-14,18-20,25-29,32-34,38,41H,15-17,21-24H2,1-12H3/b42-29-. The van der Waals surface area contributed by atoms with E-state index in [9.17, 15) is 0 Å². The van der Waals surface area contributed by atoms with E-state index < -0.39 is 0 Å². The number of nitrogens with zero attached hydrogens (tertiary/aromatic N) is 1. The molecule has 2 fully saturated rings. The number of hydrogen-bond acceptors (Lipinski definition) is 2. The Balaban J connectivity index is 1.29. The van der Waals surface area contributed by atoms with Crippen LogP contribution in [0.4, 0.5) is 5.69 Å². The molecule has 0 amide bonds. The molecule has 5 unspecified atom stereocenters. The van der Waals surface area contributed by atoms with Crippen molar-refractivity contribution in [2.45, 2.75) is 157 Å². The maximum Gasteiger partial charge on any atom is 0.229 e. The first-order valence-corrected chi connectivity index (χ1v) is 22.2. The summed E-state index contributed by atoms with van der Waals surface area (Å²) in [4.78, 5) is 2.89. The smallest absolute Gasteiger partial charge is 0.229 e. The molecule has 1 heterocycles. The lowest BCUT2D eigenvalue weighted by molar-refractivity contribution is 0.106. The van der Waals surface area contributed by atoms with Crippen LogP contribution in [0.15, 0.2) is 85.8 Å². The first-order valence-electron chi connectivity index (χ1n) is 20.2. The van der Waals surface area contributed by atoms with Crippen LogP contribution in [0.5, 0.6) is 0 Å². The molecule has 5 atom stereocenters. The van der Waals surface area contributed by atoms with Crippen molar-refractivity contribution in [1.29, 1.82) is 0 Å². The molecule has 6 aliphatic rings. The molecule has 1 aromatic carbocycles. The van der Waals surface area contributed by atoms with Crippen LogP contribution in [0.25, 0.3) is 0 Å². The van der Waals surface area contributed by atoms with Gasteiger partial charge in [-0.3, -0.25) is 0 Å². The number of thioether (sulfide) groups is 1. The summed E-state index contributed by atoms with van der Waals surface area (Å²) in [6.07, 6.45) is 24.5. The zero-order valence-corrected chi connectivity index (χ0v) is 36.9. The van der Waals surface area contributed by atoms with E-state index in [1.807, 2.05) is 0 Å². The first kappa shape index (κ1) is 37.9. The summed E-state index contributed by atoms with van der Waals surface area (Å²) in [6, 6.07) is 8.34. The van der Waals surface area contributed by atoms with E-state index in [1.54, 1.807) is 16.7 Å². The van der Waals surface area contributed by atoms with Crippen LogP contribution in [0.1, 0.15) is 134 Å². The average molecular weight is 814 g/mol. The number of fused-ring (bicyclic) bond motifs is 4. The molecule has 0 saturated heterocycles. The van der Waals surface area contributed by atoms with Gasteiger partial charge in [0.1, 0.15) is 0 Å². The minimum atomic E-state index is 0.0979. The van der Waals surface area contributed by atoms with Crippen LogP contribution >= 0.6 is 34.4 Å². The normalized spacial score (nSPS) is 32.0. The summed E-state index contributed by atoms with van der Waals surface area (Å²) in [5, 5.41) is 3.05. The van der Waals surface area contributed by atoms with Crippen molar-refractivity contribution in [3.8, 4) is 0 Å². The minimum Gasteiger partial charge on any atom is -0.359 e. The predicted molar refractivity (Wildman–Crippen MR) is 236 cm³/mol. The van der Waals surface area contributed by atoms with Gasteiger partial charge >= 0.3 is 0 Å². The highest BCUT2D eigenvalue weighted by atomic mass is 127. The number of hydrogen-bond donors (Lipinski definition) is 0. The zero-order chi connectivity index (χ0) is 36.9. The molecule has 0 radical (unpaired) electrons. The summed E-state index contributed by atoms with van der Waals surface area (Å²) >= 11 is 4.81. The van der Waals surface area contributed by atoms with E-state index in [0.29, 0.717) is 41.2 Å². The second-order valence-corrected chi connectivity index (χ2v) is 23.2. The number of rotatable bonds is 4. The molecule has 4 heteroatoms. The molecule has 274 valence electrons. The van der Waals surface area contributed by atoms with Crippen molar-refractivity contribution in [2.75, 3.05) is 4.90 Å². The molecule has 0 spiro atoms. The van der Waals surface area contributed by atoms with E-state index in [1.165, 1.54) is 64.3 Å². The molecule has 2 saturated carbocycles. The number of anilines is 1. The van der Waals surface area contributed by atoms with Gasteiger partial charge in [-0.2, -0.15) is 0 Å². The molecular weight excluding hydrogens is 748 g/mol. The van der Waals surface area contributed by atoms with Crippen molar-refractivity contribution in [3.63, 3.8) is 0 Å². The predicted octanol–water partition coefficient (Wildman–Crippen LogP) is 13.3. The fourth-order valence-corrected chi connectivity index (χ4v) is 12.8. The van der Waals surface area contributed by atoms with Crippen LogP contribution in [-0.4, -0.2) is 24.0 Å². The summed E-state index contributed by atoms with van der Waals surface area (Å²) < 4.78 is 1.49. The second-order valence-electron chi connectivity index (χ2n) is 20.8. The fraction of sp³-hybridized carbons (Fsp3) is 0.617. The Labute approximate surface area is 330 Å². The number of benzene rings is 1. The fourth-order valence-electron chi connectivity index (χ4n) is 10.7. The van der Waals surface area contributed by atoms with Crippen LogP contribution in [-0.2, 0) is 5.41 Å². The van der Waals surface area contributed by atoms with E-state index >= 15 is 0 Å². The van der Waals surface area contributed by atoms with Crippen LogP contribution < -0.4 is 10.4 Å². The van der Waals surface area contributed by atoms with Crippen molar-refractivity contribution >= 4 is 52.2 Å². The van der Waals surface area contributed by atoms with Gasteiger partial charge < -0.3 is 4.90 Å². The molecule has 1 nitrogen and oxygen atoms in total. The average Bonchev–Trinajstić information content (AvgIpc) is 3.06. The second kappa shape index (κ2) is 13.1. The van der Waals surface area contributed by atoms with Crippen molar-refractivity contribution < 1.29 is 0 Å². The minimum absolute atomic E-state index is 0.0979. The molecular formula is C47H65BINS. The topological polar surface area (TPSA) is 3.24 Å². The Morgan fingerprint density at radius 1 is 0.882 bits per heavy atom. The lowest BCUT2D eigenvalue weighted by atomic mass is 9.33.